The van der Waals surface area contributed by atoms with Gasteiger partial charge in [0.05, 0.1) is 43.7 Å². The van der Waals surface area contributed by atoms with Gasteiger partial charge in [0.2, 0.25) is 5.75 Å². The molecule has 2 heterocycles. The number of ether oxygens (including phenoxy) is 4. The number of carbonyl (C=O) groups excluding carboxylic acids is 1. The first-order chi connectivity index (χ1) is 21.3. The Morgan fingerprint density at radius 1 is 0.841 bits per heavy atom. The van der Waals surface area contributed by atoms with Crippen LogP contribution in [0.5, 0.6) is 17.2 Å². The Morgan fingerprint density at radius 3 is 2.11 bits per heavy atom. The molecule has 1 amide bonds. The number of methoxy groups -OCH3 is 3. The maximum absolute atomic E-state index is 13.9. The minimum atomic E-state index is -0.370. The van der Waals surface area contributed by atoms with E-state index in [9.17, 15) is 4.79 Å². The molecule has 0 bridgehead atoms. The van der Waals surface area contributed by atoms with Crippen molar-refractivity contribution >= 4 is 29.1 Å². The molecule has 0 unspecified atom stereocenters. The summed E-state index contributed by atoms with van der Waals surface area (Å²) in [5.74, 6) is 1.25. The van der Waals surface area contributed by atoms with Crippen LogP contribution in [0.4, 0.5) is 0 Å². The molecule has 0 spiro atoms. The molecule has 5 rings (SSSR count). The Labute approximate surface area is 269 Å². The molecule has 2 aliphatic heterocycles. The number of amides is 1. The van der Waals surface area contributed by atoms with Gasteiger partial charge in [0.15, 0.2) is 11.5 Å². The average molecular weight is 643 g/mol. The number of carbonyl (C=O) groups is 1. The van der Waals surface area contributed by atoms with Gasteiger partial charge < -0.3 is 34.5 Å². The molecule has 0 aromatic heterocycles. The number of hydrogen-bond donors (Lipinski definition) is 1. The molecule has 2 aliphatic rings. The van der Waals surface area contributed by atoms with Crippen molar-refractivity contribution in [2.24, 2.45) is 5.73 Å². The minimum Gasteiger partial charge on any atom is -0.493 e. The van der Waals surface area contributed by atoms with Gasteiger partial charge in [-0.1, -0.05) is 59.6 Å². The van der Waals surface area contributed by atoms with Crippen LogP contribution in [0.15, 0.2) is 60.7 Å². The minimum absolute atomic E-state index is 0.0873. The summed E-state index contributed by atoms with van der Waals surface area (Å²) in [5.41, 5.74) is 7.98. The van der Waals surface area contributed by atoms with Gasteiger partial charge in [-0.3, -0.25) is 4.79 Å². The highest BCUT2D eigenvalue weighted by Gasteiger charge is 2.43. The predicted octanol–water partition coefficient (Wildman–Crippen LogP) is 6.12. The van der Waals surface area contributed by atoms with Crippen molar-refractivity contribution in [1.29, 1.82) is 0 Å². The van der Waals surface area contributed by atoms with Gasteiger partial charge in [-0.05, 0) is 67.6 Å². The first kappa shape index (κ1) is 32.4. The molecule has 3 aromatic carbocycles. The van der Waals surface area contributed by atoms with E-state index in [-0.39, 0.29) is 23.7 Å². The number of halogens is 2. The van der Waals surface area contributed by atoms with E-state index in [0.29, 0.717) is 45.9 Å². The fourth-order valence-corrected chi connectivity index (χ4v) is 7.07. The first-order valence-corrected chi connectivity index (χ1v) is 15.7. The topological polar surface area (TPSA) is 86.5 Å². The van der Waals surface area contributed by atoms with Crippen LogP contribution in [-0.4, -0.2) is 76.5 Å². The molecule has 0 saturated carbocycles. The lowest BCUT2D eigenvalue weighted by Crippen LogP contribution is -2.46. The van der Waals surface area contributed by atoms with Crippen LogP contribution in [0.2, 0.25) is 10.0 Å². The first-order valence-electron chi connectivity index (χ1n) is 14.9. The third-order valence-electron chi connectivity index (χ3n) is 9.31. The van der Waals surface area contributed by atoms with E-state index in [1.165, 1.54) is 5.56 Å². The number of benzene rings is 3. The van der Waals surface area contributed by atoms with Crippen molar-refractivity contribution in [3.63, 3.8) is 0 Å². The lowest BCUT2D eigenvalue weighted by molar-refractivity contribution is -0.0882. The van der Waals surface area contributed by atoms with Gasteiger partial charge in [0, 0.05) is 37.2 Å². The monoisotopic (exact) mass is 641 g/mol. The summed E-state index contributed by atoms with van der Waals surface area (Å²) in [6, 6.07) is 19.7. The van der Waals surface area contributed by atoms with Gasteiger partial charge in [0.25, 0.3) is 5.91 Å². The molecule has 236 valence electrons. The van der Waals surface area contributed by atoms with Crippen LogP contribution in [0.1, 0.15) is 47.2 Å². The second-order valence-electron chi connectivity index (χ2n) is 11.6. The lowest BCUT2D eigenvalue weighted by Gasteiger charge is -2.43. The zero-order valence-electron chi connectivity index (χ0n) is 25.6. The molecule has 0 radical (unpaired) electrons. The summed E-state index contributed by atoms with van der Waals surface area (Å²) in [5, 5.41) is 1.03. The second kappa shape index (κ2) is 14.0. The highest BCUT2D eigenvalue weighted by atomic mass is 35.5. The lowest BCUT2D eigenvalue weighted by atomic mass is 9.76. The van der Waals surface area contributed by atoms with E-state index in [0.717, 1.165) is 50.9 Å². The summed E-state index contributed by atoms with van der Waals surface area (Å²) in [6.45, 7) is 4.00. The van der Waals surface area contributed by atoms with Crippen molar-refractivity contribution in [2.75, 3.05) is 60.8 Å². The van der Waals surface area contributed by atoms with E-state index in [1.54, 1.807) is 33.5 Å². The van der Waals surface area contributed by atoms with Crippen LogP contribution in [0.25, 0.3) is 0 Å². The fourth-order valence-electron chi connectivity index (χ4n) is 6.77. The SMILES string of the molecule is COc1cc(C(=O)N2CC[C@](CCN3CCC(OCN)(c4ccccc4)CC3)(c3ccc(Cl)c(Cl)c3)C2)cc(OC)c1OC. The van der Waals surface area contributed by atoms with Gasteiger partial charge in [-0.25, -0.2) is 0 Å². The van der Waals surface area contributed by atoms with E-state index < -0.39 is 0 Å². The summed E-state index contributed by atoms with van der Waals surface area (Å²) in [4.78, 5) is 18.3. The van der Waals surface area contributed by atoms with Crippen LogP contribution >= 0.6 is 23.2 Å². The van der Waals surface area contributed by atoms with Gasteiger partial charge in [-0.15, -0.1) is 0 Å². The number of nitrogens with two attached hydrogens (primary N) is 1. The average Bonchev–Trinajstić information content (AvgIpc) is 3.50. The Balaban J connectivity index is 1.35. The van der Waals surface area contributed by atoms with Crippen LogP contribution in [-0.2, 0) is 15.8 Å². The molecule has 3 aromatic rings. The Morgan fingerprint density at radius 2 is 1.52 bits per heavy atom. The molecule has 2 saturated heterocycles. The summed E-state index contributed by atoms with van der Waals surface area (Å²) < 4.78 is 22.6. The number of rotatable bonds is 11. The largest absolute Gasteiger partial charge is 0.493 e. The Hall–Kier alpha value is -3.01. The number of nitrogens with zero attached hydrogens (tertiary/aromatic N) is 2. The third kappa shape index (κ3) is 6.51. The fraction of sp³-hybridized carbons (Fsp3) is 0.441. The van der Waals surface area contributed by atoms with E-state index in [4.69, 9.17) is 47.9 Å². The van der Waals surface area contributed by atoms with E-state index >= 15 is 0 Å². The number of hydrogen-bond acceptors (Lipinski definition) is 7. The van der Waals surface area contributed by atoms with Crippen LogP contribution in [0.3, 0.4) is 0 Å². The highest BCUT2D eigenvalue weighted by molar-refractivity contribution is 6.42. The Kier molecular flexibility index (Phi) is 10.3. The Bertz CT molecular complexity index is 1420. The third-order valence-corrected chi connectivity index (χ3v) is 10.1. The van der Waals surface area contributed by atoms with Crippen molar-refractivity contribution < 1.29 is 23.7 Å². The number of likely N-dealkylation sites (tertiary alicyclic amines) is 2. The summed E-state index contributed by atoms with van der Waals surface area (Å²) in [7, 11) is 4.63. The van der Waals surface area contributed by atoms with Gasteiger partial charge in [-0.2, -0.15) is 0 Å². The molecule has 44 heavy (non-hydrogen) atoms. The van der Waals surface area contributed by atoms with E-state index in [1.807, 2.05) is 29.2 Å². The van der Waals surface area contributed by atoms with Crippen molar-refractivity contribution in [3.05, 3.63) is 87.4 Å². The second-order valence-corrected chi connectivity index (χ2v) is 12.4. The maximum Gasteiger partial charge on any atom is 0.254 e. The standard InChI is InChI=1S/C34H41Cl2N3O5/c1-41-29-19-24(20-30(42-2)31(29)43-3)32(40)39-18-12-33(22-39,26-9-10-27(35)28(36)21-26)11-15-38-16-13-34(14-17-38,44-23-37)25-7-5-4-6-8-25/h4-10,19-21H,11-18,22-23,37H2,1-3H3/t33-/m0/s1. The molecule has 0 aliphatic carbocycles. The quantitative estimate of drug-likeness (QED) is 0.253. The van der Waals surface area contributed by atoms with Crippen molar-refractivity contribution in [3.8, 4) is 17.2 Å². The van der Waals surface area contributed by atoms with Crippen LogP contribution < -0.4 is 19.9 Å². The molecule has 1 atom stereocenters. The van der Waals surface area contributed by atoms with Crippen molar-refractivity contribution in [1.82, 2.24) is 9.80 Å². The predicted molar refractivity (Wildman–Crippen MR) is 173 cm³/mol. The molecule has 10 heteroatoms. The maximum atomic E-state index is 13.9. The summed E-state index contributed by atoms with van der Waals surface area (Å²) in [6.07, 6.45) is 3.39. The van der Waals surface area contributed by atoms with Crippen molar-refractivity contribution in [2.45, 2.75) is 36.7 Å². The molecular weight excluding hydrogens is 601 g/mol. The molecule has 2 fully saturated rings. The van der Waals surface area contributed by atoms with Gasteiger partial charge in [0.1, 0.15) is 0 Å². The van der Waals surface area contributed by atoms with E-state index in [2.05, 4.69) is 29.2 Å². The molecule has 2 N–H and O–H groups in total. The zero-order chi connectivity index (χ0) is 31.3. The number of piperidine rings is 1. The molecule has 8 nitrogen and oxygen atoms in total. The van der Waals surface area contributed by atoms with Gasteiger partial charge >= 0.3 is 0 Å². The van der Waals surface area contributed by atoms with Crippen LogP contribution in [0, 0.1) is 0 Å². The smallest absolute Gasteiger partial charge is 0.254 e. The zero-order valence-corrected chi connectivity index (χ0v) is 27.1. The normalized spacial score (nSPS) is 20.0. The summed E-state index contributed by atoms with van der Waals surface area (Å²) >= 11 is 12.8. The highest BCUT2D eigenvalue weighted by Crippen LogP contribution is 2.43. The molecular formula is C34H41Cl2N3O5.